The van der Waals surface area contributed by atoms with Crippen LogP contribution < -0.4 is 16.0 Å². The molecule has 0 saturated heterocycles. The van der Waals surface area contributed by atoms with E-state index in [1.807, 2.05) is 42.1 Å². The van der Waals surface area contributed by atoms with Crippen molar-refractivity contribution in [3.05, 3.63) is 48.5 Å². The van der Waals surface area contributed by atoms with E-state index in [2.05, 4.69) is 27.9 Å². The lowest BCUT2D eigenvalue weighted by molar-refractivity contribution is 0.251. The first-order valence-corrected chi connectivity index (χ1v) is 6.97. The summed E-state index contributed by atoms with van der Waals surface area (Å²) in [6.07, 6.45) is 5.30. The summed E-state index contributed by atoms with van der Waals surface area (Å²) in [7, 11) is 1.91. The average molecular weight is 287 g/mol. The number of anilines is 1. The lowest BCUT2D eigenvalue weighted by Crippen LogP contribution is -2.31. The molecule has 0 fully saturated rings. The normalized spacial score (nSPS) is 11.9. The van der Waals surface area contributed by atoms with Crippen LogP contribution in [0.4, 0.5) is 10.5 Å². The lowest BCUT2D eigenvalue weighted by Gasteiger charge is -2.13. The summed E-state index contributed by atoms with van der Waals surface area (Å²) in [5.41, 5.74) is 1.92. The van der Waals surface area contributed by atoms with Gasteiger partial charge < -0.3 is 20.5 Å². The van der Waals surface area contributed by atoms with Crippen LogP contribution in [0.2, 0.25) is 0 Å². The van der Waals surface area contributed by atoms with Gasteiger partial charge in [0.2, 0.25) is 0 Å². The van der Waals surface area contributed by atoms with Gasteiger partial charge in [-0.25, -0.2) is 9.78 Å². The Hall–Kier alpha value is -2.34. The molecule has 0 aliphatic heterocycles. The minimum atomic E-state index is -0.204. The third kappa shape index (κ3) is 4.61. The molecule has 1 aromatic carbocycles. The Kier molecular flexibility index (Phi) is 5.34. The van der Waals surface area contributed by atoms with Crippen LogP contribution in [-0.2, 0) is 6.54 Å². The Labute approximate surface area is 124 Å². The summed E-state index contributed by atoms with van der Waals surface area (Å²) < 4.78 is 1.91. The van der Waals surface area contributed by atoms with E-state index in [0.717, 1.165) is 11.3 Å². The van der Waals surface area contributed by atoms with E-state index in [1.165, 1.54) is 0 Å². The van der Waals surface area contributed by atoms with Crippen molar-refractivity contribution in [1.29, 1.82) is 0 Å². The van der Waals surface area contributed by atoms with E-state index < -0.39 is 0 Å². The third-order valence-corrected chi connectivity index (χ3v) is 3.29. The number of rotatable bonds is 6. The van der Waals surface area contributed by atoms with E-state index in [0.29, 0.717) is 13.1 Å². The number of nitrogens with one attached hydrogen (secondary N) is 3. The van der Waals surface area contributed by atoms with Crippen molar-refractivity contribution >= 4 is 11.7 Å². The maximum atomic E-state index is 11.8. The van der Waals surface area contributed by atoms with E-state index in [-0.39, 0.29) is 12.1 Å². The number of imidazole rings is 1. The maximum absolute atomic E-state index is 11.8. The molecule has 112 valence electrons. The van der Waals surface area contributed by atoms with E-state index in [4.69, 9.17) is 0 Å². The van der Waals surface area contributed by atoms with Crippen LogP contribution in [0.25, 0.3) is 0 Å². The van der Waals surface area contributed by atoms with Gasteiger partial charge >= 0.3 is 6.03 Å². The van der Waals surface area contributed by atoms with Crippen molar-refractivity contribution in [2.45, 2.75) is 19.5 Å². The first kappa shape index (κ1) is 15.1. The molecule has 6 nitrogen and oxygen atoms in total. The molecule has 0 saturated carbocycles. The molecule has 21 heavy (non-hydrogen) atoms. The van der Waals surface area contributed by atoms with Crippen LogP contribution in [0, 0.1) is 0 Å². The molecule has 0 radical (unpaired) electrons. The van der Waals surface area contributed by atoms with Crippen LogP contribution in [0.15, 0.2) is 43.0 Å². The Morgan fingerprint density at radius 3 is 3.00 bits per heavy atom. The standard InChI is InChI=1S/C15H21N5O/c1-12(16-2)13-4-3-5-14(10-13)19-15(21)18-7-9-20-8-6-17-11-20/h3-6,8,10-12,16H,7,9H2,1-2H3,(H2,18,19,21). The molecule has 1 heterocycles. The minimum Gasteiger partial charge on any atom is -0.336 e. The van der Waals surface area contributed by atoms with Gasteiger partial charge in [-0.2, -0.15) is 0 Å². The molecule has 2 rings (SSSR count). The molecule has 0 bridgehead atoms. The number of aromatic nitrogens is 2. The van der Waals surface area contributed by atoms with E-state index in [9.17, 15) is 4.79 Å². The van der Waals surface area contributed by atoms with Gasteiger partial charge in [-0.3, -0.25) is 0 Å². The summed E-state index contributed by atoms with van der Waals surface area (Å²) in [6.45, 7) is 3.32. The first-order chi connectivity index (χ1) is 10.2. The number of nitrogens with zero attached hydrogens (tertiary/aromatic N) is 2. The minimum absolute atomic E-state index is 0.204. The average Bonchev–Trinajstić information content (AvgIpc) is 3.00. The zero-order valence-corrected chi connectivity index (χ0v) is 12.3. The summed E-state index contributed by atoms with van der Waals surface area (Å²) in [6, 6.07) is 7.85. The van der Waals surface area contributed by atoms with Gasteiger partial charge in [0.15, 0.2) is 0 Å². The van der Waals surface area contributed by atoms with Crippen LogP contribution in [-0.4, -0.2) is 29.2 Å². The second-order valence-corrected chi connectivity index (χ2v) is 4.82. The van der Waals surface area contributed by atoms with Crippen molar-refractivity contribution < 1.29 is 4.79 Å². The molecule has 1 unspecified atom stereocenters. The number of hydrogen-bond acceptors (Lipinski definition) is 3. The summed E-state index contributed by atoms with van der Waals surface area (Å²) in [4.78, 5) is 15.8. The molecule has 6 heteroatoms. The Morgan fingerprint density at radius 1 is 1.43 bits per heavy atom. The Morgan fingerprint density at radius 2 is 2.29 bits per heavy atom. The van der Waals surface area contributed by atoms with Crippen molar-refractivity contribution in [3.63, 3.8) is 0 Å². The second-order valence-electron chi connectivity index (χ2n) is 4.82. The van der Waals surface area contributed by atoms with Gasteiger partial charge in [-0.05, 0) is 31.7 Å². The third-order valence-electron chi connectivity index (χ3n) is 3.29. The highest BCUT2D eigenvalue weighted by Crippen LogP contribution is 2.16. The summed E-state index contributed by atoms with van der Waals surface area (Å²) >= 11 is 0. The molecule has 3 N–H and O–H groups in total. The van der Waals surface area contributed by atoms with Gasteiger partial charge in [-0.15, -0.1) is 0 Å². The zero-order valence-electron chi connectivity index (χ0n) is 12.3. The molecule has 2 aromatic rings. The van der Waals surface area contributed by atoms with Gasteiger partial charge in [0.25, 0.3) is 0 Å². The summed E-state index contributed by atoms with van der Waals surface area (Å²) in [5.74, 6) is 0. The highest BCUT2D eigenvalue weighted by atomic mass is 16.2. The number of benzene rings is 1. The molecular formula is C15H21N5O. The highest BCUT2D eigenvalue weighted by Gasteiger charge is 2.05. The lowest BCUT2D eigenvalue weighted by atomic mass is 10.1. The van der Waals surface area contributed by atoms with Crippen LogP contribution in [0.3, 0.4) is 0 Å². The molecule has 0 aliphatic carbocycles. The van der Waals surface area contributed by atoms with Crippen LogP contribution >= 0.6 is 0 Å². The van der Waals surface area contributed by atoms with Gasteiger partial charge in [0.1, 0.15) is 0 Å². The zero-order chi connectivity index (χ0) is 15.1. The van der Waals surface area contributed by atoms with Gasteiger partial charge in [0.05, 0.1) is 6.33 Å². The maximum Gasteiger partial charge on any atom is 0.319 e. The molecule has 1 atom stereocenters. The topological polar surface area (TPSA) is 71.0 Å². The van der Waals surface area contributed by atoms with E-state index in [1.54, 1.807) is 12.5 Å². The fourth-order valence-corrected chi connectivity index (χ4v) is 1.95. The molecule has 2 amide bonds. The molecular weight excluding hydrogens is 266 g/mol. The second kappa shape index (κ2) is 7.44. The molecule has 0 spiro atoms. The van der Waals surface area contributed by atoms with Crippen molar-refractivity contribution in [2.24, 2.45) is 0 Å². The quantitative estimate of drug-likeness (QED) is 0.761. The van der Waals surface area contributed by atoms with Crippen LogP contribution in [0.1, 0.15) is 18.5 Å². The number of carbonyl (C=O) groups excluding carboxylic acids is 1. The van der Waals surface area contributed by atoms with Gasteiger partial charge in [0, 0.05) is 37.2 Å². The van der Waals surface area contributed by atoms with Crippen LogP contribution in [0.5, 0.6) is 0 Å². The Bertz CT molecular complexity index is 567. The predicted octanol–water partition coefficient (Wildman–Crippen LogP) is 1.99. The predicted molar refractivity (Wildman–Crippen MR) is 83.2 cm³/mol. The Balaban J connectivity index is 1.82. The highest BCUT2D eigenvalue weighted by molar-refractivity contribution is 5.89. The fourth-order valence-electron chi connectivity index (χ4n) is 1.95. The number of hydrogen-bond donors (Lipinski definition) is 3. The van der Waals surface area contributed by atoms with Crippen molar-refractivity contribution in [1.82, 2.24) is 20.2 Å². The SMILES string of the molecule is CNC(C)c1cccc(NC(=O)NCCn2ccnc2)c1. The molecule has 0 aliphatic rings. The number of amides is 2. The van der Waals surface area contributed by atoms with Crippen molar-refractivity contribution in [2.75, 3.05) is 18.9 Å². The monoisotopic (exact) mass is 287 g/mol. The fraction of sp³-hybridized carbons (Fsp3) is 0.333. The van der Waals surface area contributed by atoms with E-state index >= 15 is 0 Å². The molecule has 1 aromatic heterocycles. The van der Waals surface area contributed by atoms with Crippen molar-refractivity contribution in [3.8, 4) is 0 Å². The smallest absolute Gasteiger partial charge is 0.319 e. The van der Waals surface area contributed by atoms with Gasteiger partial charge in [-0.1, -0.05) is 12.1 Å². The first-order valence-electron chi connectivity index (χ1n) is 6.97. The largest absolute Gasteiger partial charge is 0.336 e. The number of carbonyl (C=O) groups is 1. The number of urea groups is 1. The summed E-state index contributed by atoms with van der Waals surface area (Å²) in [5, 5.41) is 8.83.